The molecule has 0 bridgehead atoms. The van der Waals surface area contributed by atoms with Crippen LogP contribution in [0.4, 0.5) is 0 Å². The molecule has 0 N–H and O–H groups in total. The normalized spacial score (nSPS) is 11.1. The number of hydrogen-bond acceptors (Lipinski definition) is 6. The third kappa shape index (κ3) is 19.2. The zero-order valence-corrected chi connectivity index (χ0v) is 23.5. The van der Waals surface area contributed by atoms with Crippen molar-refractivity contribution >= 4 is 0 Å². The Labute approximate surface area is 253 Å². The Hall–Kier alpha value is -1.93. The van der Waals surface area contributed by atoms with Gasteiger partial charge in [-0.15, -0.1) is 12.8 Å². The number of terminal acetylenes is 2. The van der Waals surface area contributed by atoms with E-state index in [1.54, 1.807) is 28.4 Å². The van der Waals surface area contributed by atoms with Crippen molar-refractivity contribution in [1.82, 2.24) is 0 Å². The molecule has 6 nitrogen and oxygen atoms in total. The summed E-state index contributed by atoms with van der Waals surface area (Å²) in [6.45, 7) is 0.992. The van der Waals surface area contributed by atoms with Crippen molar-refractivity contribution in [1.29, 1.82) is 0 Å². The molecular formula is C30H36Li2O6. The van der Waals surface area contributed by atoms with Crippen molar-refractivity contribution in [3.63, 3.8) is 0 Å². The number of rotatable bonds is 14. The molecule has 0 aliphatic heterocycles. The number of hydrogen-bond donors (Lipinski definition) is 0. The third-order valence-corrected chi connectivity index (χ3v) is 4.82. The van der Waals surface area contributed by atoms with E-state index in [0.29, 0.717) is 26.1 Å². The molecule has 2 aromatic carbocycles. The SMILES string of the molecule is C#C[C@@H](CC(OC)OC)OCc1ccccc1.C#C[C@@H](CC(OC)OC)OCc1ccccc1.[C-]#[C-].[Li+].[Li+]. The smallest absolute Gasteiger partial charge is 1.00 e. The van der Waals surface area contributed by atoms with Crippen LogP contribution in [0.25, 0.3) is 0 Å². The van der Waals surface area contributed by atoms with Gasteiger partial charge in [-0.05, 0) is 11.1 Å². The first-order chi connectivity index (χ1) is 17.6. The summed E-state index contributed by atoms with van der Waals surface area (Å²) in [7, 11) is 6.33. The molecule has 0 saturated heterocycles. The number of methoxy groups -OCH3 is 4. The van der Waals surface area contributed by atoms with Gasteiger partial charge in [0.2, 0.25) is 0 Å². The summed E-state index contributed by atoms with van der Waals surface area (Å²) in [5, 5.41) is 0. The van der Waals surface area contributed by atoms with Gasteiger partial charge in [0.1, 0.15) is 12.2 Å². The molecule has 2 aromatic rings. The standard InChI is InChI=1S/2C14H18O3.C2.2Li/c2*1-4-13(10-14(15-2)16-3)17-11-12-8-6-5-7-9-12;1-2;;/h2*1,5-9,13-14H,10-11H2,2-3H3;;;/q;;-2;2*+1/t2*13-;;;/m00.../s1. The summed E-state index contributed by atoms with van der Waals surface area (Å²) in [6, 6.07) is 19.8. The van der Waals surface area contributed by atoms with Gasteiger partial charge in [0.05, 0.1) is 13.2 Å². The molecule has 2 rings (SSSR count). The second-order valence-corrected chi connectivity index (χ2v) is 7.18. The minimum Gasteiger partial charge on any atom is -1.00 e. The Morgan fingerprint density at radius 2 is 0.895 bits per heavy atom. The van der Waals surface area contributed by atoms with E-state index in [-0.39, 0.29) is 62.5 Å². The second-order valence-electron chi connectivity index (χ2n) is 7.18. The van der Waals surface area contributed by atoms with Crippen LogP contribution < -0.4 is 37.7 Å². The minimum atomic E-state index is -0.327. The Kier molecular flexibility index (Phi) is 30.0. The van der Waals surface area contributed by atoms with Gasteiger partial charge < -0.3 is 41.3 Å². The number of ether oxygens (including phenoxy) is 6. The molecule has 0 saturated carbocycles. The fourth-order valence-electron chi connectivity index (χ4n) is 2.84. The molecule has 2 atom stereocenters. The third-order valence-electron chi connectivity index (χ3n) is 4.82. The van der Waals surface area contributed by atoms with Crippen molar-refractivity contribution in [2.45, 2.75) is 50.8 Å². The van der Waals surface area contributed by atoms with Crippen LogP contribution >= 0.6 is 0 Å². The molecular weight excluding hydrogens is 470 g/mol. The second kappa shape index (κ2) is 28.1. The van der Waals surface area contributed by atoms with E-state index < -0.39 is 0 Å². The van der Waals surface area contributed by atoms with E-state index in [0.717, 1.165) is 11.1 Å². The zero-order chi connectivity index (χ0) is 27.0. The maximum atomic E-state index is 5.62. The Balaban J connectivity index is -0.000000576. The van der Waals surface area contributed by atoms with Crippen LogP contribution in [-0.2, 0) is 41.6 Å². The maximum absolute atomic E-state index is 5.62. The van der Waals surface area contributed by atoms with Crippen LogP contribution in [0.3, 0.4) is 0 Å². The van der Waals surface area contributed by atoms with E-state index >= 15 is 0 Å². The van der Waals surface area contributed by atoms with Gasteiger partial charge in [-0.25, -0.2) is 0 Å². The molecule has 0 heterocycles. The van der Waals surface area contributed by atoms with E-state index in [2.05, 4.69) is 11.8 Å². The van der Waals surface area contributed by atoms with Gasteiger partial charge in [-0.2, -0.15) is 0 Å². The average Bonchev–Trinajstić information content (AvgIpc) is 2.96. The maximum Gasteiger partial charge on any atom is 1.00 e. The Bertz CT molecular complexity index is 801. The van der Waals surface area contributed by atoms with Crippen LogP contribution in [-0.4, -0.2) is 53.2 Å². The fraction of sp³-hybridized carbons (Fsp3) is 0.400. The van der Waals surface area contributed by atoms with Crippen molar-refractivity contribution < 1.29 is 66.1 Å². The molecule has 0 spiro atoms. The molecule has 8 heteroatoms. The molecule has 38 heavy (non-hydrogen) atoms. The predicted molar refractivity (Wildman–Crippen MR) is 139 cm³/mol. The van der Waals surface area contributed by atoms with Crippen LogP contribution in [0.2, 0.25) is 0 Å². The van der Waals surface area contributed by atoms with E-state index in [9.17, 15) is 0 Å². The average molecular weight is 506 g/mol. The monoisotopic (exact) mass is 506 g/mol. The van der Waals surface area contributed by atoms with Crippen LogP contribution in [0.1, 0.15) is 24.0 Å². The summed E-state index contributed by atoms with van der Waals surface area (Å²) in [6.07, 6.45) is 20.6. The van der Waals surface area contributed by atoms with Crippen molar-refractivity contribution in [2.75, 3.05) is 28.4 Å². The fourth-order valence-corrected chi connectivity index (χ4v) is 2.84. The molecule has 0 amide bonds. The van der Waals surface area contributed by atoms with E-state index in [1.165, 1.54) is 0 Å². The molecule has 194 valence electrons. The molecule has 0 radical (unpaired) electrons. The van der Waals surface area contributed by atoms with Crippen molar-refractivity contribution in [3.05, 3.63) is 84.6 Å². The Morgan fingerprint density at radius 1 is 0.605 bits per heavy atom. The predicted octanol–water partition coefficient (Wildman–Crippen LogP) is -1.40. The van der Waals surface area contributed by atoms with Crippen LogP contribution in [0.15, 0.2) is 60.7 Å². The van der Waals surface area contributed by atoms with Gasteiger partial charge >= 0.3 is 37.7 Å². The van der Waals surface area contributed by atoms with Crippen LogP contribution in [0, 0.1) is 37.5 Å². The van der Waals surface area contributed by atoms with Gasteiger partial charge in [0.15, 0.2) is 12.6 Å². The van der Waals surface area contributed by atoms with Gasteiger partial charge in [0, 0.05) is 41.3 Å². The summed E-state index contributed by atoms with van der Waals surface area (Å²) < 4.78 is 31.6. The molecule has 0 aliphatic rings. The molecule has 0 fully saturated rings. The van der Waals surface area contributed by atoms with Crippen LogP contribution in [0.5, 0.6) is 0 Å². The molecule has 0 aromatic heterocycles. The summed E-state index contributed by atoms with van der Waals surface area (Å²) in [5.41, 5.74) is 2.19. The van der Waals surface area contributed by atoms with Gasteiger partial charge in [0.25, 0.3) is 0 Å². The van der Waals surface area contributed by atoms with Crippen molar-refractivity contribution in [2.24, 2.45) is 0 Å². The molecule has 0 unspecified atom stereocenters. The number of benzene rings is 2. The quantitative estimate of drug-likeness (QED) is 0.136. The first-order valence-electron chi connectivity index (χ1n) is 11.2. The van der Waals surface area contributed by atoms with E-state index in [4.69, 9.17) is 54.1 Å². The zero-order valence-electron chi connectivity index (χ0n) is 23.5. The minimum absolute atomic E-state index is 0. The first-order valence-corrected chi connectivity index (χ1v) is 11.2. The van der Waals surface area contributed by atoms with Gasteiger partial charge in [-0.3, -0.25) is 0 Å². The Morgan fingerprint density at radius 3 is 1.13 bits per heavy atom. The largest absolute Gasteiger partial charge is 1.00 e. The van der Waals surface area contributed by atoms with E-state index in [1.807, 2.05) is 60.7 Å². The summed E-state index contributed by atoms with van der Waals surface area (Å²) in [4.78, 5) is 0. The first kappa shape index (κ1) is 40.6. The molecule has 0 aliphatic carbocycles. The van der Waals surface area contributed by atoms with Gasteiger partial charge in [-0.1, -0.05) is 72.5 Å². The summed E-state index contributed by atoms with van der Waals surface area (Å²) >= 11 is 0. The summed E-state index contributed by atoms with van der Waals surface area (Å²) in [5.74, 6) is 5.18. The topological polar surface area (TPSA) is 55.4 Å². The van der Waals surface area contributed by atoms with Crippen molar-refractivity contribution in [3.8, 4) is 24.7 Å².